The van der Waals surface area contributed by atoms with Crippen molar-refractivity contribution < 1.29 is 13.2 Å². The van der Waals surface area contributed by atoms with Crippen LogP contribution in [0.5, 0.6) is 0 Å². The fourth-order valence-electron chi connectivity index (χ4n) is 2.78. The predicted molar refractivity (Wildman–Crippen MR) is 80.2 cm³/mol. The number of benzene rings is 1. The first-order valence-corrected chi connectivity index (χ1v) is 8.69. The van der Waals surface area contributed by atoms with Crippen molar-refractivity contribution in [2.24, 2.45) is 0 Å². The van der Waals surface area contributed by atoms with Gasteiger partial charge in [-0.15, -0.1) is 0 Å². The molecular formula is C15H23NO3S. The first-order valence-electron chi connectivity index (χ1n) is 7.08. The predicted octanol–water partition coefficient (Wildman–Crippen LogP) is 2.36. The summed E-state index contributed by atoms with van der Waals surface area (Å²) in [4.78, 5) is 0. The maximum Gasteiger partial charge on any atom is 0.214 e. The van der Waals surface area contributed by atoms with Gasteiger partial charge < -0.3 is 4.74 Å². The summed E-state index contributed by atoms with van der Waals surface area (Å²) in [5, 5.41) is 0. The highest BCUT2D eigenvalue weighted by atomic mass is 32.2. The Hall–Kier alpha value is -0.910. The van der Waals surface area contributed by atoms with Gasteiger partial charge in [0.25, 0.3) is 0 Å². The van der Waals surface area contributed by atoms with Crippen LogP contribution in [0.4, 0.5) is 0 Å². The zero-order valence-corrected chi connectivity index (χ0v) is 13.0. The highest BCUT2D eigenvalue weighted by molar-refractivity contribution is 7.89. The van der Waals surface area contributed by atoms with Gasteiger partial charge in [0, 0.05) is 26.8 Å². The third-order valence-electron chi connectivity index (χ3n) is 3.98. The molecule has 5 heteroatoms. The van der Waals surface area contributed by atoms with E-state index in [2.05, 4.69) is 6.07 Å². The molecule has 0 saturated carbocycles. The molecule has 0 N–H and O–H groups in total. The maximum atomic E-state index is 12.4. The third-order valence-corrected chi connectivity index (χ3v) is 5.92. The van der Waals surface area contributed by atoms with Crippen molar-refractivity contribution in [3.8, 4) is 0 Å². The average molecular weight is 297 g/mol. The van der Waals surface area contributed by atoms with Crippen molar-refractivity contribution in [2.45, 2.75) is 31.7 Å². The summed E-state index contributed by atoms with van der Waals surface area (Å²) >= 11 is 0. The highest BCUT2D eigenvalue weighted by Crippen LogP contribution is 2.36. The van der Waals surface area contributed by atoms with Gasteiger partial charge in [0.2, 0.25) is 10.0 Å². The maximum absolute atomic E-state index is 12.4. The van der Waals surface area contributed by atoms with Gasteiger partial charge in [-0.1, -0.05) is 24.3 Å². The van der Waals surface area contributed by atoms with Gasteiger partial charge in [0.15, 0.2) is 0 Å². The molecule has 1 atom stereocenters. The molecule has 20 heavy (non-hydrogen) atoms. The number of aryl methyl sites for hydroxylation is 1. The minimum atomic E-state index is -3.19. The van der Waals surface area contributed by atoms with Crippen molar-refractivity contribution in [2.75, 3.05) is 26.5 Å². The van der Waals surface area contributed by atoms with Gasteiger partial charge >= 0.3 is 0 Å². The average Bonchev–Trinajstić information content (AvgIpc) is 2.86. The van der Waals surface area contributed by atoms with E-state index in [9.17, 15) is 8.42 Å². The van der Waals surface area contributed by atoms with E-state index in [1.807, 2.05) is 18.2 Å². The molecule has 0 amide bonds. The molecule has 0 aromatic heterocycles. The zero-order chi connectivity index (χ0) is 14.6. The Labute approximate surface area is 121 Å². The second-order valence-electron chi connectivity index (χ2n) is 5.29. The second kappa shape index (κ2) is 6.70. The summed E-state index contributed by atoms with van der Waals surface area (Å²) in [6.45, 7) is 0.617. The molecule has 0 radical (unpaired) electrons. The number of hydrogen-bond acceptors (Lipinski definition) is 3. The molecule has 1 aromatic carbocycles. The molecule has 4 nitrogen and oxygen atoms in total. The minimum absolute atomic E-state index is 0.00127. The molecule has 0 saturated heterocycles. The van der Waals surface area contributed by atoms with Crippen molar-refractivity contribution in [1.82, 2.24) is 4.31 Å². The number of nitrogens with zero attached hydrogens (tertiary/aromatic N) is 1. The molecule has 0 spiro atoms. The van der Waals surface area contributed by atoms with Gasteiger partial charge in [-0.25, -0.2) is 8.42 Å². The fourth-order valence-corrected chi connectivity index (χ4v) is 4.24. The van der Waals surface area contributed by atoms with Crippen LogP contribution in [0.15, 0.2) is 24.3 Å². The minimum Gasteiger partial charge on any atom is -0.385 e. The monoisotopic (exact) mass is 297 g/mol. The Morgan fingerprint density at radius 2 is 2.05 bits per heavy atom. The van der Waals surface area contributed by atoms with Crippen molar-refractivity contribution >= 4 is 10.0 Å². The van der Waals surface area contributed by atoms with E-state index in [4.69, 9.17) is 4.74 Å². The van der Waals surface area contributed by atoms with Crippen LogP contribution in [-0.4, -0.2) is 39.2 Å². The van der Waals surface area contributed by atoms with Gasteiger partial charge in [0.1, 0.15) is 0 Å². The summed E-state index contributed by atoms with van der Waals surface area (Å²) in [6, 6.07) is 8.13. The van der Waals surface area contributed by atoms with E-state index in [1.165, 1.54) is 5.56 Å². The number of unbranched alkanes of at least 4 members (excludes halogenated alkanes) is 1. The normalized spacial score (nSPS) is 18.4. The first kappa shape index (κ1) is 15.5. The number of sulfonamides is 1. The first-order chi connectivity index (χ1) is 9.56. The zero-order valence-electron chi connectivity index (χ0n) is 12.2. The third kappa shape index (κ3) is 3.40. The molecular weight excluding hydrogens is 274 g/mol. The topological polar surface area (TPSA) is 46.6 Å². The van der Waals surface area contributed by atoms with Gasteiger partial charge in [-0.2, -0.15) is 4.31 Å². The standard InChI is InChI=1S/C15H23NO3S/c1-16(20(17,18)12-6-5-11-19-2)15-10-9-13-7-3-4-8-14(13)15/h3-4,7-8,15H,5-6,9-12H2,1-2H3. The number of fused-ring (bicyclic) bond motifs is 1. The molecule has 0 fully saturated rings. The summed E-state index contributed by atoms with van der Waals surface area (Å²) < 4.78 is 31.3. The lowest BCUT2D eigenvalue weighted by Crippen LogP contribution is -2.32. The number of rotatable bonds is 7. The molecule has 1 aliphatic rings. The van der Waals surface area contributed by atoms with Crippen LogP contribution in [0.25, 0.3) is 0 Å². The van der Waals surface area contributed by atoms with Gasteiger partial charge in [-0.3, -0.25) is 0 Å². The van der Waals surface area contributed by atoms with Crippen LogP contribution in [0.1, 0.15) is 36.4 Å². The number of methoxy groups -OCH3 is 1. The van der Waals surface area contributed by atoms with Gasteiger partial charge in [-0.05, 0) is 36.8 Å². The molecule has 2 rings (SSSR count). The van der Waals surface area contributed by atoms with Crippen LogP contribution >= 0.6 is 0 Å². The van der Waals surface area contributed by atoms with E-state index >= 15 is 0 Å². The number of ether oxygens (including phenoxy) is 1. The number of hydrogen-bond donors (Lipinski definition) is 0. The Bertz CT molecular complexity index is 542. The van der Waals surface area contributed by atoms with Crippen molar-refractivity contribution in [3.05, 3.63) is 35.4 Å². The van der Waals surface area contributed by atoms with Crippen LogP contribution in [0.3, 0.4) is 0 Å². The van der Waals surface area contributed by atoms with Crippen LogP contribution in [0, 0.1) is 0 Å². The second-order valence-corrected chi connectivity index (χ2v) is 7.43. The van der Waals surface area contributed by atoms with E-state index < -0.39 is 10.0 Å². The van der Waals surface area contributed by atoms with E-state index in [0.29, 0.717) is 13.0 Å². The Morgan fingerprint density at radius 3 is 2.80 bits per heavy atom. The Balaban J connectivity index is 2.02. The van der Waals surface area contributed by atoms with E-state index in [1.54, 1.807) is 18.5 Å². The highest BCUT2D eigenvalue weighted by Gasteiger charge is 2.31. The molecule has 0 bridgehead atoms. The summed E-state index contributed by atoms with van der Waals surface area (Å²) in [5.74, 6) is 0.200. The largest absolute Gasteiger partial charge is 0.385 e. The quantitative estimate of drug-likeness (QED) is 0.726. The lowest BCUT2D eigenvalue weighted by molar-refractivity contribution is 0.194. The lowest BCUT2D eigenvalue weighted by atomic mass is 10.1. The van der Waals surface area contributed by atoms with Crippen molar-refractivity contribution in [1.29, 1.82) is 0 Å². The lowest BCUT2D eigenvalue weighted by Gasteiger charge is -2.24. The molecule has 1 aliphatic carbocycles. The SMILES string of the molecule is COCCCCS(=O)(=O)N(C)C1CCc2ccccc21. The van der Waals surface area contributed by atoms with Crippen LogP contribution in [-0.2, 0) is 21.2 Å². The smallest absolute Gasteiger partial charge is 0.214 e. The molecule has 0 heterocycles. The van der Waals surface area contributed by atoms with Crippen LogP contribution in [0.2, 0.25) is 0 Å². The Morgan fingerprint density at radius 1 is 1.30 bits per heavy atom. The van der Waals surface area contributed by atoms with Crippen LogP contribution < -0.4 is 0 Å². The summed E-state index contributed by atoms with van der Waals surface area (Å²) in [6.07, 6.45) is 3.28. The van der Waals surface area contributed by atoms with E-state index in [-0.39, 0.29) is 11.8 Å². The van der Waals surface area contributed by atoms with E-state index in [0.717, 1.165) is 24.8 Å². The molecule has 0 aliphatic heterocycles. The molecule has 1 aromatic rings. The summed E-state index contributed by atoms with van der Waals surface area (Å²) in [7, 11) is 0.153. The summed E-state index contributed by atoms with van der Waals surface area (Å²) in [5.41, 5.74) is 2.44. The van der Waals surface area contributed by atoms with Gasteiger partial charge in [0.05, 0.1) is 5.75 Å². The Kier molecular flexibility index (Phi) is 5.18. The van der Waals surface area contributed by atoms with Crippen molar-refractivity contribution in [3.63, 3.8) is 0 Å². The fraction of sp³-hybridized carbons (Fsp3) is 0.600. The molecule has 112 valence electrons. The molecule has 1 unspecified atom stereocenters.